The summed E-state index contributed by atoms with van der Waals surface area (Å²) in [5.41, 5.74) is -0.199. The number of nitrogens with zero attached hydrogens (tertiary/aromatic N) is 1. The van der Waals surface area contributed by atoms with E-state index in [0.717, 1.165) is 4.90 Å². The molecule has 0 saturated heterocycles. The number of halogens is 4. The van der Waals surface area contributed by atoms with Crippen LogP contribution < -0.4 is 14.8 Å². The van der Waals surface area contributed by atoms with E-state index in [-0.39, 0.29) is 37.6 Å². The molecule has 0 fully saturated rings. The number of methoxy groups -OCH3 is 2. The van der Waals surface area contributed by atoms with Gasteiger partial charge in [0.15, 0.2) is 6.61 Å². The maximum atomic E-state index is 13.2. The number of ether oxygens (including phenoxy) is 3. The Balaban J connectivity index is 1.81. The lowest BCUT2D eigenvalue weighted by atomic mass is 10.1. The van der Waals surface area contributed by atoms with Crippen LogP contribution in [0, 0.1) is 0 Å². The van der Waals surface area contributed by atoms with Crippen molar-refractivity contribution in [2.75, 3.05) is 26.1 Å². The number of fused-ring (bicyclic) bond motifs is 1. The molecule has 3 rings (SSSR count). The largest absolute Gasteiger partial charge is 0.497 e. The molecule has 0 aromatic heterocycles. The minimum Gasteiger partial charge on any atom is -0.497 e. The van der Waals surface area contributed by atoms with Crippen molar-refractivity contribution in [2.45, 2.75) is 32.2 Å². The number of esters is 1. The van der Waals surface area contributed by atoms with Gasteiger partial charge in [0.05, 0.1) is 51.1 Å². The van der Waals surface area contributed by atoms with E-state index < -0.39 is 36.3 Å². The van der Waals surface area contributed by atoms with E-state index in [9.17, 15) is 19.2 Å². The van der Waals surface area contributed by atoms with E-state index in [2.05, 4.69) is 5.32 Å². The summed E-state index contributed by atoms with van der Waals surface area (Å²) in [5.74, 6) is -2.54. The molecule has 0 unspecified atom stereocenters. The molecule has 0 saturated carbocycles. The zero-order chi connectivity index (χ0) is 27.4. The zero-order valence-electron chi connectivity index (χ0n) is 20.0. The number of hydrogen-bond acceptors (Lipinski definition) is 7. The highest BCUT2D eigenvalue weighted by Crippen LogP contribution is 2.45. The summed E-state index contributed by atoms with van der Waals surface area (Å²) in [5, 5.41) is 1.70. The molecular formula is C24H22Cl4N2O7. The van der Waals surface area contributed by atoms with Gasteiger partial charge >= 0.3 is 5.97 Å². The first kappa shape index (κ1) is 28.8. The highest BCUT2D eigenvalue weighted by Gasteiger charge is 2.47. The van der Waals surface area contributed by atoms with Crippen LogP contribution in [-0.2, 0) is 14.3 Å². The number of hydrogen-bond donors (Lipinski definition) is 1. The lowest BCUT2D eigenvalue weighted by Crippen LogP contribution is -2.46. The Labute approximate surface area is 232 Å². The van der Waals surface area contributed by atoms with Gasteiger partial charge in [-0.3, -0.25) is 19.3 Å². The Morgan fingerprint density at radius 2 is 1.54 bits per heavy atom. The molecule has 13 heteroatoms. The molecule has 1 aliphatic rings. The van der Waals surface area contributed by atoms with Crippen molar-refractivity contribution in [3.63, 3.8) is 0 Å². The first-order chi connectivity index (χ1) is 17.6. The smallest absolute Gasteiger partial charge is 0.329 e. The molecule has 0 aliphatic carbocycles. The second kappa shape index (κ2) is 12.2. The van der Waals surface area contributed by atoms with Crippen LogP contribution >= 0.6 is 46.4 Å². The van der Waals surface area contributed by atoms with E-state index in [0.29, 0.717) is 30.0 Å². The third-order valence-electron chi connectivity index (χ3n) is 5.57. The summed E-state index contributed by atoms with van der Waals surface area (Å²) < 4.78 is 15.5. The Kier molecular flexibility index (Phi) is 9.52. The monoisotopic (exact) mass is 590 g/mol. The number of anilines is 1. The van der Waals surface area contributed by atoms with Crippen LogP contribution in [0.3, 0.4) is 0 Å². The molecule has 37 heavy (non-hydrogen) atoms. The maximum Gasteiger partial charge on any atom is 0.329 e. The van der Waals surface area contributed by atoms with E-state index >= 15 is 0 Å². The summed E-state index contributed by atoms with van der Waals surface area (Å²) >= 11 is 24.5. The summed E-state index contributed by atoms with van der Waals surface area (Å²) in [7, 11) is 2.89. The normalized spacial score (nSPS) is 13.3. The zero-order valence-corrected chi connectivity index (χ0v) is 23.0. The third kappa shape index (κ3) is 5.75. The van der Waals surface area contributed by atoms with Gasteiger partial charge in [-0.1, -0.05) is 66.2 Å². The average Bonchev–Trinajstić information content (AvgIpc) is 3.15. The van der Waals surface area contributed by atoms with Crippen molar-refractivity contribution >= 4 is 75.8 Å². The SMILES string of the molecule is CCCC[C@H](C(=O)OCC(=O)Nc1cc(OC)ccc1OC)N1C(=O)c2c(Cl)c(Cl)c(Cl)c(Cl)c2C1=O. The quantitative estimate of drug-likeness (QED) is 0.164. The predicted molar refractivity (Wildman–Crippen MR) is 139 cm³/mol. The molecule has 0 radical (unpaired) electrons. The molecule has 2 aromatic rings. The topological polar surface area (TPSA) is 111 Å². The Morgan fingerprint density at radius 1 is 0.946 bits per heavy atom. The number of nitrogens with one attached hydrogen (secondary N) is 1. The molecule has 1 heterocycles. The fourth-order valence-corrected chi connectivity index (χ4v) is 4.74. The third-order valence-corrected chi connectivity index (χ3v) is 7.38. The van der Waals surface area contributed by atoms with Crippen molar-refractivity contribution in [1.29, 1.82) is 0 Å². The second-order valence-corrected chi connectivity index (χ2v) is 9.38. The summed E-state index contributed by atoms with van der Waals surface area (Å²) in [6.07, 6.45) is 1.22. The van der Waals surface area contributed by atoms with Gasteiger partial charge in [0.1, 0.15) is 17.5 Å². The predicted octanol–water partition coefficient (Wildman–Crippen LogP) is 5.65. The number of rotatable bonds is 10. The summed E-state index contributed by atoms with van der Waals surface area (Å²) in [4.78, 5) is 52.7. The van der Waals surface area contributed by atoms with Crippen molar-refractivity contribution in [2.24, 2.45) is 0 Å². The van der Waals surface area contributed by atoms with E-state index in [1.807, 2.05) is 6.92 Å². The summed E-state index contributed by atoms with van der Waals surface area (Å²) in [6, 6.07) is 3.44. The highest BCUT2D eigenvalue weighted by molar-refractivity contribution is 6.55. The fourth-order valence-electron chi connectivity index (χ4n) is 3.73. The molecule has 198 valence electrons. The molecule has 1 aliphatic heterocycles. The van der Waals surface area contributed by atoms with Crippen molar-refractivity contribution in [3.05, 3.63) is 49.4 Å². The Bertz CT molecular complexity index is 1220. The molecule has 9 nitrogen and oxygen atoms in total. The van der Waals surface area contributed by atoms with Crippen molar-refractivity contribution < 1.29 is 33.4 Å². The molecule has 1 N–H and O–H groups in total. The number of carbonyl (C=O) groups excluding carboxylic acids is 4. The number of imide groups is 1. The first-order valence-corrected chi connectivity index (χ1v) is 12.5. The van der Waals surface area contributed by atoms with Crippen LogP contribution in [0.4, 0.5) is 5.69 Å². The molecule has 0 spiro atoms. The lowest BCUT2D eigenvalue weighted by molar-refractivity contribution is -0.151. The van der Waals surface area contributed by atoms with Crippen LogP contribution in [-0.4, -0.2) is 55.5 Å². The van der Waals surface area contributed by atoms with Crippen LogP contribution in [0.25, 0.3) is 0 Å². The minimum atomic E-state index is -1.34. The van der Waals surface area contributed by atoms with Gasteiger partial charge < -0.3 is 19.5 Å². The van der Waals surface area contributed by atoms with Crippen molar-refractivity contribution in [3.8, 4) is 11.5 Å². The Morgan fingerprint density at radius 3 is 2.05 bits per heavy atom. The minimum absolute atomic E-state index is 0.0861. The molecular weight excluding hydrogens is 570 g/mol. The number of amides is 3. The van der Waals surface area contributed by atoms with Gasteiger partial charge in [0.2, 0.25) is 0 Å². The number of carbonyl (C=O) groups is 4. The van der Waals surface area contributed by atoms with Crippen LogP contribution in [0.5, 0.6) is 11.5 Å². The van der Waals surface area contributed by atoms with E-state index in [1.165, 1.54) is 20.3 Å². The van der Waals surface area contributed by atoms with Gasteiger partial charge in [-0.2, -0.15) is 0 Å². The van der Waals surface area contributed by atoms with Crippen LogP contribution in [0.1, 0.15) is 46.9 Å². The molecule has 2 aromatic carbocycles. The first-order valence-electron chi connectivity index (χ1n) is 11.0. The number of benzene rings is 2. The van der Waals surface area contributed by atoms with Gasteiger partial charge in [0, 0.05) is 6.07 Å². The summed E-state index contributed by atoms with van der Waals surface area (Å²) in [6.45, 7) is 1.18. The van der Waals surface area contributed by atoms with Gasteiger partial charge in [-0.15, -0.1) is 0 Å². The fraction of sp³-hybridized carbons (Fsp3) is 0.333. The maximum absolute atomic E-state index is 13.2. The van der Waals surface area contributed by atoms with E-state index in [1.54, 1.807) is 12.1 Å². The molecule has 0 bridgehead atoms. The lowest BCUT2D eigenvalue weighted by Gasteiger charge is -2.24. The molecule has 1 atom stereocenters. The number of unbranched alkanes of at least 4 members (excludes halogenated alkanes) is 1. The average molecular weight is 592 g/mol. The van der Waals surface area contributed by atoms with Crippen LogP contribution in [0.2, 0.25) is 20.1 Å². The van der Waals surface area contributed by atoms with E-state index in [4.69, 9.17) is 60.6 Å². The van der Waals surface area contributed by atoms with Crippen molar-refractivity contribution in [1.82, 2.24) is 4.90 Å². The standard InChI is InChI=1S/C24H22Cl4N2O7/c1-4-5-6-13(30-22(32)16-17(23(30)33)19(26)21(28)20(27)18(16)25)24(34)37-10-15(31)29-12-9-11(35-2)7-8-14(12)36-3/h7-9,13H,4-6,10H2,1-3H3,(H,29,31)/t13-/m1/s1. The Hall–Kier alpha value is -2.72. The van der Waals surface area contributed by atoms with Gasteiger partial charge in [0.25, 0.3) is 17.7 Å². The van der Waals surface area contributed by atoms with Gasteiger partial charge in [-0.25, -0.2) is 4.79 Å². The van der Waals surface area contributed by atoms with Crippen LogP contribution in [0.15, 0.2) is 18.2 Å². The second-order valence-electron chi connectivity index (χ2n) is 7.87. The highest BCUT2D eigenvalue weighted by atomic mass is 35.5. The van der Waals surface area contributed by atoms with Gasteiger partial charge in [-0.05, 0) is 18.6 Å². The molecule has 3 amide bonds.